The van der Waals surface area contributed by atoms with Crippen molar-refractivity contribution in [3.8, 4) is 0 Å². The van der Waals surface area contributed by atoms with Gasteiger partial charge in [0.05, 0.1) is 6.10 Å². The van der Waals surface area contributed by atoms with Crippen LogP contribution in [0, 0.1) is 6.92 Å². The summed E-state index contributed by atoms with van der Waals surface area (Å²) in [5.41, 5.74) is 7.12. The minimum absolute atomic E-state index is 0.363. The van der Waals surface area contributed by atoms with Crippen LogP contribution in [0.25, 0.3) is 0 Å². The normalized spacial score (nSPS) is 15.0. The van der Waals surface area contributed by atoms with Gasteiger partial charge in [-0.15, -0.1) is 0 Å². The molecule has 0 saturated carbocycles. The molecule has 0 amide bonds. The molecule has 0 heterocycles. The van der Waals surface area contributed by atoms with Crippen molar-refractivity contribution >= 4 is 15.9 Å². The Labute approximate surface area is 98.1 Å². The molecule has 0 spiro atoms. The fourth-order valence-corrected chi connectivity index (χ4v) is 2.14. The van der Waals surface area contributed by atoms with Crippen molar-refractivity contribution in [3.05, 3.63) is 33.8 Å². The molecule has 3 nitrogen and oxygen atoms in total. The molecule has 2 atom stereocenters. The highest BCUT2D eigenvalue weighted by Gasteiger charge is 2.19. The lowest BCUT2D eigenvalue weighted by molar-refractivity contribution is 0.0146. The Kier molecular flexibility index (Phi) is 4.73. The molecule has 0 aliphatic heterocycles. The van der Waals surface area contributed by atoms with Crippen LogP contribution in [0.15, 0.2) is 22.7 Å². The van der Waals surface area contributed by atoms with Gasteiger partial charge < -0.3 is 15.9 Å². The van der Waals surface area contributed by atoms with Gasteiger partial charge in [-0.3, -0.25) is 0 Å². The van der Waals surface area contributed by atoms with Crippen LogP contribution in [0.2, 0.25) is 0 Å². The quantitative estimate of drug-likeness (QED) is 0.779. The molecule has 4 N–H and O–H groups in total. The summed E-state index contributed by atoms with van der Waals surface area (Å²) in [5, 5.41) is 19.5. The van der Waals surface area contributed by atoms with Crippen molar-refractivity contribution in [2.24, 2.45) is 5.73 Å². The fourth-order valence-electron chi connectivity index (χ4n) is 1.41. The lowest BCUT2D eigenvalue weighted by Crippen LogP contribution is -2.22. The first-order chi connectivity index (χ1) is 7.06. The van der Waals surface area contributed by atoms with Gasteiger partial charge in [-0.25, -0.2) is 0 Å². The van der Waals surface area contributed by atoms with Gasteiger partial charge in [0, 0.05) is 4.47 Å². The minimum atomic E-state index is -0.886. The second-order valence-corrected chi connectivity index (χ2v) is 4.47. The van der Waals surface area contributed by atoms with Gasteiger partial charge in [0.1, 0.15) is 6.10 Å². The molecular weight excluding hydrogens is 258 g/mol. The number of aryl methyl sites for hydroxylation is 1. The zero-order valence-corrected chi connectivity index (χ0v) is 10.2. The van der Waals surface area contributed by atoms with Crippen LogP contribution in [0.5, 0.6) is 0 Å². The van der Waals surface area contributed by atoms with Gasteiger partial charge >= 0.3 is 0 Å². The van der Waals surface area contributed by atoms with Crippen molar-refractivity contribution in [2.45, 2.75) is 25.6 Å². The zero-order chi connectivity index (χ0) is 11.4. The van der Waals surface area contributed by atoms with Gasteiger partial charge in [-0.05, 0) is 37.1 Å². The smallest absolute Gasteiger partial charge is 0.106 e. The van der Waals surface area contributed by atoms with E-state index in [2.05, 4.69) is 15.9 Å². The number of nitrogens with two attached hydrogens (primary N) is 1. The summed E-state index contributed by atoms with van der Waals surface area (Å²) in [7, 11) is 0. The second-order valence-electron chi connectivity index (χ2n) is 3.61. The first-order valence-electron chi connectivity index (χ1n) is 4.88. The lowest BCUT2D eigenvalue weighted by atomic mass is 10.0. The maximum absolute atomic E-state index is 9.86. The largest absolute Gasteiger partial charge is 0.390 e. The molecule has 0 bridgehead atoms. The number of hydrogen-bond acceptors (Lipinski definition) is 3. The van der Waals surface area contributed by atoms with Gasteiger partial charge in [-0.2, -0.15) is 0 Å². The van der Waals surface area contributed by atoms with E-state index < -0.39 is 12.2 Å². The summed E-state index contributed by atoms with van der Waals surface area (Å²) in [5.74, 6) is 0. The molecule has 1 aromatic carbocycles. The number of aliphatic hydroxyl groups is 2. The predicted molar refractivity (Wildman–Crippen MR) is 63.5 cm³/mol. The molecule has 0 saturated heterocycles. The van der Waals surface area contributed by atoms with Crippen LogP contribution in [0.3, 0.4) is 0 Å². The van der Waals surface area contributed by atoms with E-state index in [1.165, 1.54) is 0 Å². The first kappa shape index (κ1) is 12.6. The Morgan fingerprint density at radius 3 is 2.60 bits per heavy atom. The molecule has 0 aliphatic rings. The molecule has 1 rings (SSSR count). The van der Waals surface area contributed by atoms with Crippen molar-refractivity contribution in [1.82, 2.24) is 0 Å². The summed E-state index contributed by atoms with van der Waals surface area (Å²) < 4.78 is 0.811. The van der Waals surface area contributed by atoms with E-state index in [0.717, 1.165) is 10.0 Å². The highest BCUT2D eigenvalue weighted by Crippen LogP contribution is 2.27. The molecule has 84 valence electrons. The van der Waals surface area contributed by atoms with Gasteiger partial charge in [0.2, 0.25) is 0 Å². The highest BCUT2D eigenvalue weighted by atomic mass is 79.9. The molecule has 0 radical (unpaired) electrons. The highest BCUT2D eigenvalue weighted by molar-refractivity contribution is 9.10. The molecule has 2 unspecified atom stereocenters. The average molecular weight is 274 g/mol. The van der Waals surface area contributed by atoms with E-state index in [0.29, 0.717) is 18.5 Å². The van der Waals surface area contributed by atoms with E-state index in [1.54, 1.807) is 0 Å². The average Bonchev–Trinajstić information content (AvgIpc) is 2.17. The molecule has 1 aromatic rings. The van der Waals surface area contributed by atoms with Crippen molar-refractivity contribution in [1.29, 1.82) is 0 Å². The van der Waals surface area contributed by atoms with Crippen LogP contribution >= 0.6 is 15.9 Å². The van der Waals surface area contributed by atoms with Crippen LogP contribution in [-0.2, 0) is 0 Å². The van der Waals surface area contributed by atoms with Crippen molar-refractivity contribution < 1.29 is 10.2 Å². The second kappa shape index (κ2) is 5.61. The Balaban J connectivity index is 2.86. The topological polar surface area (TPSA) is 66.5 Å². The monoisotopic (exact) mass is 273 g/mol. The molecular formula is C11H16BrNO2. The molecule has 0 fully saturated rings. The summed E-state index contributed by atoms with van der Waals surface area (Å²) in [4.78, 5) is 0. The molecule has 0 aliphatic carbocycles. The number of aliphatic hydroxyl groups excluding tert-OH is 2. The Bertz CT molecular complexity index is 330. The Hall–Kier alpha value is -0.420. The van der Waals surface area contributed by atoms with Gasteiger partial charge in [0.15, 0.2) is 0 Å². The molecule has 0 aromatic heterocycles. The third kappa shape index (κ3) is 3.28. The Morgan fingerprint density at radius 2 is 2.07 bits per heavy atom. The summed E-state index contributed by atoms with van der Waals surface area (Å²) in [6.45, 7) is 2.33. The summed E-state index contributed by atoms with van der Waals surface area (Å²) in [6.07, 6.45) is -1.31. The van der Waals surface area contributed by atoms with E-state index in [1.807, 2.05) is 25.1 Å². The number of benzene rings is 1. The van der Waals surface area contributed by atoms with Crippen molar-refractivity contribution in [3.63, 3.8) is 0 Å². The predicted octanol–water partition coefficient (Wildman–Crippen LogP) is 1.50. The van der Waals surface area contributed by atoms with E-state index >= 15 is 0 Å². The standard InChI is InChI=1S/C11H16BrNO2/c1-7-2-3-8(9(12)6-7)11(15)10(14)4-5-13/h2-3,6,10-11,14-15H,4-5,13H2,1H3. The van der Waals surface area contributed by atoms with E-state index in [-0.39, 0.29) is 0 Å². The SMILES string of the molecule is Cc1ccc(C(O)C(O)CCN)c(Br)c1. The van der Waals surface area contributed by atoms with E-state index in [9.17, 15) is 10.2 Å². The lowest BCUT2D eigenvalue weighted by Gasteiger charge is -2.18. The third-order valence-corrected chi connectivity index (χ3v) is 2.99. The summed E-state index contributed by atoms with van der Waals surface area (Å²) >= 11 is 3.36. The van der Waals surface area contributed by atoms with Crippen LogP contribution in [0.1, 0.15) is 23.7 Å². The number of rotatable bonds is 4. The maximum atomic E-state index is 9.86. The third-order valence-electron chi connectivity index (χ3n) is 2.30. The van der Waals surface area contributed by atoms with Crippen LogP contribution < -0.4 is 5.73 Å². The van der Waals surface area contributed by atoms with Gasteiger partial charge in [-0.1, -0.05) is 28.1 Å². The van der Waals surface area contributed by atoms with Crippen LogP contribution in [0.4, 0.5) is 0 Å². The van der Waals surface area contributed by atoms with Gasteiger partial charge in [0.25, 0.3) is 0 Å². The number of hydrogen-bond donors (Lipinski definition) is 3. The molecule has 15 heavy (non-hydrogen) atoms. The zero-order valence-electron chi connectivity index (χ0n) is 8.65. The van der Waals surface area contributed by atoms with E-state index in [4.69, 9.17) is 5.73 Å². The van der Waals surface area contributed by atoms with Crippen molar-refractivity contribution in [2.75, 3.05) is 6.54 Å². The maximum Gasteiger partial charge on any atom is 0.106 e. The molecule has 4 heteroatoms. The minimum Gasteiger partial charge on any atom is -0.390 e. The Morgan fingerprint density at radius 1 is 1.40 bits per heavy atom. The first-order valence-corrected chi connectivity index (χ1v) is 5.67. The number of halogens is 1. The summed E-state index contributed by atoms with van der Waals surface area (Å²) in [6, 6.07) is 5.62. The van der Waals surface area contributed by atoms with Crippen LogP contribution in [-0.4, -0.2) is 22.9 Å². The fraction of sp³-hybridized carbons (Fsp3) is 0.455.